The Kier molecular flexibility index (Phi) is 9.21. The summed E-state index contributed by atoms with van der Waals surface area (Å²) in [6.07, 6.45) is 15.0. The van der Waals surface area contributed by atoms with Gasteiger partial charge in [-0.25, -0.2) is 9.98 Å². The van der Waals surface area contributed by atoms with Crippen molar-refractivity contribution in [1.82, 2.24) is 10.3 Å². The number of rotatable bonds is 8. The molecule has 1 atom stereocenters. The first-order valence-corrected chi connectivity index (χ1v) is 17.3. The molecule has 0 bridgehead atoms. The molecule has 5 aromatic carbocycles. The van der Waals surface area contributed by atoms with Crippen LogP contribution in [0.15, 0.2) is 210 Å². The molecule has 2 heterocycles. The van der Waals surface area contributed by atoms with Crippen LogP contribution in [0.3, 0.4) is 0 Å². The molecule has 0 amide bonds. The predicted octanol–water partition coefficient (Wildman–Crippen LogP) is 10.6. The molecule has 1 unspecified atom stereocenters. The van der Waals surface area contributed by atoms with Gasteiger partial charge in [0.2, 0.25) is 0 Å². The Balaban J connectivity index is 1.27. The van der Waals surface area contributed by atoms with Crippen LogP contribution in [0.25, 0.3) is 22.3 Å². The Morgan fingerprint density at radius 2 is 1.08 bits per heavy atom. The largest absolute Gasteiger partial charge is 0.324 e. The van der Waals surface area contributed by atoms with E-state index in [1.807, 2.05) is 42.7 Å². The number of allylic oxidation sites excluding steroid dienone is 7. The maximum absolute atomic E-state index is 5.24. The van der Waals surface area contributed by atoms with Crippen LogP contribution in [0, 0.1) is 0 Å². The molecule has 1 N–H and O–H groups in total. The predicted molar refractivity (Wildman–Crippen MR) is 211 cm³/mol. The first-order chi connectivity index (χ1) is 25.3. The molecule has 0 radical (unpaired) electrons. The zero-order valence-corrected chi connectivity index (χ0v) is 28.1. The quantitative estimate of drug-likeness (QED) is 0.166. The number of hydrogen-bond donors (Lipinski definition) is 1. The van der Waals surface area contributed by atoms with Crippen LogP contribution in [0.4, 0.5) is 0 Å². The van der Waals surface area contributed by atoms with Gasteiger partial charge in [0.25, 0.3) is 0 Å². The van der Waals surface area contributed by atoms with Gasteiger partial charge in [-0.3, -0.25) is 4.98 Å². The number of hydrogen-bond acceptors (Lipinski definition) is 4. The van der Waals surface area contributed by atoms with Crippen molar-refractivity contribution < 1.29 is 0 Å². The zero-order valence-electron chi connectivity index (χ0n) is 28.1. The minimum Gasteiger partial charge on any atom is -0.324 e. The second-order valence-corrected chi connectivity index (χ2v) is 12.4. The third-order valence-corrected chi connectivity index (χ3v) is 9.09. The van der Waals surface area contributed by atoms with Crippen LogP contribution in [0.1, 0.15) is 46.0 Å². The van der Waals surface area contributed by atoms with Gasteiger partial charge in [0.15, 0.2) is 6.17 Å². The zero-order chi connectivity index (χ0) is 34.2. The van der Waals surface area contributed by atoms with Gasteiger partial charge < -0.3 is 5.32 Å². The molecular formula is C47H36N4. The van der Waals surface area contributed by atoms with E-state index in [0.29, 0.717) is 0 Å². The van der Waals surface area contributed by atoms with Crippen LogP contribution in [0.2, 0.25) is 0 Å². The van der Waals surface area contributed by atoms with E-state index in [0.717, 1.165) is 62.6 Å². The lowest BCUT2D eigenvalue weighted by molar-refractivity contribution is 0.755. The first-order valence-electron chi connectivity index (χ1n) is 17.3. The standard InChI is InChI=1S/C47H36N4/c1-2-7-16-38(15-6-1)44(43(36-17-8-3-9-18-36)37-19-10-4-11-20-37)41-23-14-24-42(33-41)47-50-45(39-21-12-5-13-22-39)49-46(51-47)40-27-25-34(26-28-40)35-29-31-48-32-30-35/h1-6,8-33,47H,7H2,(H,49,50,51). The van der Waals surface area contributed by atoms with Crippen LogP contribution in [-0.4, -0.2) is 16.7 Å². The van der Waals surface area contributed by atoms with E-state index in [9.17, 15) is 0 Å². The number of benzene rings is 5. The molecule has 4 nitrogen and oxygen atoms in total. The van der Waals surface area contributed by atoms with Crippen molar-refractivity contribution in [2.75, 3.05) is 0 Å². The molecule has 8 rings (SSSR count). The average molecular weight is 657 g/mol. The highest BCUT2D eigenvalue weighted by molar-refractivity contribution is 6.16. The average Bonchev–Trinajstić information content (AvgIpc) is 3.51. The third-order valence-electron chi connectivity index (χ3n) is 9.09. The molecule has 1 aromatic heterocycles. The number of aliphatic imine (C=N–C) groups is 2. The van der Waals surface area contributed by atoms with Crippen LogP contribution in [-0.2, 0) is 0 Å². The molecule has 0 fully saturated rings. The van der Waals surface area contributed by atoms with Crippen molar-refractivity contribution in [2.45, 2.75) is 12.6 Å². The van der Waals surface area contributed by atoms with Gasteiger partial charge in [-0.1, -0.05) is 164 Å². The minimum absolute atomic E-state index is 0.449. The lowest BCUT2D eigenvalue weighted by Gasteiger charge is -2.23. The van der Waals surface area contributed by atoms with Crippen molar-refractivity contribution in [2.24, 2.45) is 9.98 Å². The molecular weight excluding hydrogens is 621 g/mol. The number of nitrogens with zero attached hydrogens (tertiary/aromatic N) is 3. The smallest absolute Gasteiger partial charge is 0.169 e. The number of pyridine rings is 1. The molecule has 0 spiro atoms. The summed E-state index contributed by atoms with van der Waals surface area (Å²) in [6, 6.07) is 53.0. The van der Waals surface area contributed by atoms with Gasteiger partial charge in [-0.15, -0.1) is 0 Å². The monoisotopic (exact) mass is 656 g/mol. The van der Waals surface area contributed by atoms with E-state index in [1.165, 1.54) is 16.7 Å². The van der Waals surface area contributed by atoms with Crippen molar-refractivity contribution in [3.8, 4) is 11.1 Å². The van der Waals surface area contributed by atoms with Gasteiger partial charge >= 0.3 is 0 Å². The second-order valence-electron chi connectivity index (χ2n) is 12.4. The highest BCUT2D eigenvalue weighted by atomic mass is 15.2. The Morgan fingerprint density at radius 3 is 1.75 bits per heavy atom. The summed E-state index contributed by atoms with van der Waals surface area (Å²) in [4.78, 5) is 14.6. The Morgan fingerprint density at radius 1 is 0.510 bits per heavy atom. The van der Waals surface area contributed by atoms with Gasteiger partial charge in [0, 0.05) is 23.5 Å². The molecule has 0 saturated carbocycles. The summed E-state index contributed by atoms with van der Waals surface area (Å²) >= 11 is 0. The lowest BCUT2D eigenvalue weighted by atomic mass is 9.84. The number of amidine groups is 2. The summed E-state index contributed by atoms with van der Waals surface area (Å²) in [5.74, 6) is 1.57. The van der Waals surface area contributed by atoms with Crippen molar-refractivity contribution in [1.29, 1.82) is 0 Å². The topological polar surface area (TPSA) is 49.6 Å². The molecule has 1 aliphatic carbocycles. The minimum atomic E-state index is -0.449. The Hall–Kier alpha value is -6.65. The van der Waals surface area contributed by atoms with Crippen LogP contribution in [0.5, 0.6) is 0 Å². The lowest BCUT2D eigenvalue weighted by Crippen LogP contribution is -2.36. The maximum atomic E-state index is 5.24. The van der Waals surface area contributed by atoms with E-state index < -0.39 is 6.17 Å². The summed E-state index contributed by atoms with van der Waals surface area (Å²) in [6.45, 7) is 0. The molecule has 244 valence electrons. The van der Waals surface area contributed by atoms with E-state index in [1.54, 1.807) is 0 Å². The molecule has 2 aliphatic rings. The normalized spacial score (nSPS) is 15.1. The van der Waals surface area contributed by atoms with Crippen molar-refractivity contribution in [3.05, 3.63) is 233 Å². The molecule has 0 saturated heterocycles. The van der Waals surface area contributed by atoms with Gasteiger partial charge in [-0.05, 0) is 74.7 Å². The van der Waals surface area contributed by atoms with Crippen LogP contribution < -0.4 is 5.32 Å². The third kappa shape index (κ3) is 7.08. The molecule has 51 heavy (non-hydrogen) atoms. The number of nitrogens with one attached hydrogen (secondary N) is 1. The molecule has 1 aliphatic heterocycles. The van der Waals surface area contributed by atoms with E-state index in [4.69, 9.17) is 9.98 Å². The highest BCUT2D eigenvalue weighted by Gasteiger charge is 2.23. The van der Waals surface area contributed by atoms with E-state index in [2.05, 4.69) is 162 Å². The van der Waals surface area contributed by atoms with Gasteiger partial charge in [0.1, 0.15) is 11.7 Å². The Labute approximate surface area is 299 Å². The van der Waals surface area contributed by atoms with E-state index >= 15 is 0 Å². The summed E-state index contributed by atoms with van der Waals surface area (Å²) < 4.78 is 0. The van der Waals surface area contributed by atoms with Gasteiger partial charge in [-0.2, -0.15) is 0 Å². The fourth-order valence-electron chi connectivity index (χ4n) is 6.59. The summed E-state index contributed by atoms with van der Waals surface area (Å²) in [7, 11) is 0. The fraction of sp³-hybridized carbons (Fsp3) is 0.0426. The Bertz CT molecular complexity index is 2270. The SMILES string of the molecule is C1=CCC=C(C(=C(c2ccccc2)c2ccccc2)c2cccc(C3N=C(c4ccccc4)NC(c4ccc(-c5ccncc5)cc4)=N3)c2)C=C1. The summed E-state index contributed by atoms with van der Waals surface area (Å²) in [5.41, 5.74) is 12.2. The highest BCUT2D eigenvalue weighted by Crippen LogP contribution is 2.39. The number of aromatic nitrogens is 1. The molecule has 6 aromatic rings. The second kappa shape index (κ2) is 14.9. The van der Waals surface area contributed by atoms with Crippen molar-refractivity contribution in [3.63, 3.8) is 0 Å². The summed E-state index contributed by atoms with van der Waals surface area (Å²) in [5, 5.41) is 3.56. The van der Waals surface area contributed by atoms with E-state index in [-0.39, 0.29) is 0 Å². The fourth-order valence-corrected chi connectivity index (χ4v) is 6.59. The van der Waals surface area contributed by atoms with Crippen molar-refractivity contribution >= 4 is 22.8 Å². The molecule has 4 heteroatoms. The van der Waals surface area contributed by atoms with Crippen LogP contribution >= 0.6 is 0 Å². The first kappa shape index (κ1) is 31.6. The van der Waals surface area contributed by atoms with Gasteiger partial charge in [0.05, 0.1) is 0 Å². The maximum Gasteiger partial charge on any atom is 0.169 e.